The van der Waals surface area contributed by atoms with E-state index in [1.165, 1.54) is 6.07 Å². The molecule has 130 valence electrons. The van der Waals surface area contributed by atoms with Gasteiger partial charge < -0.3 is 4.90 Å². The number of nitrogens with one attached hydrogen (secondary N) is 1. The summed E-state index contributed by atoms with van der Waals surface area (Å²) in [5.74, 6) is 0.00564. The van der Waals surface area contributed by atoms with Gasteiger partial charge in [0.2, 0.25) is 5.91 Å². The lowest BCUT2D eigenvalue weighted by molar-refractivity contribution is -0.139. The first-order valence-electron chi connectivity index (χ1n) is 8.97. The molecule has 0 saturated carbocycles. The van der Waals surface area contributed by atoms with E-state index in [0.717, 1.165) is 43.4 Å². The number of piperidine rings is 1. The lowest BCUT2D eigenvalue weighted by Crippen LogP contribution is -2.57. The van der Waals surface area contributed by atoms with E-state index in [9.17, 15) is 9.18 Å². The number of amides is 1. The maximum atomic E-state index is 14.1. The zero-order chi connectivity index (χ0) is 17.4. The van der Waals surface area contributed by atoms with Crippen LogP contribution in [-0.2, 0) is 4.79 Å². The average Bonchev–Trinajstić information content (AvgIpc) is 3.05. The predicted octanol–water partition coefficient (Wildman–Crippen LogP) is 3.91. The van der Waals surface area contributed by atoms with Crippen molar-refractivity contribution in [3.63, 3.8) is 0 Å². The SMILES string of the molecule is CN1CCC[C@]2(CC[C@@H](c3cccc(-c4ccccc4F)c3)N2)C1=O. The molecule has 4 heteroatoms. The van der Waals surface area contributed by atoms with Gasteiger partial charge in [-0.3, -0.25) is 10.1 Å². The van der Waals surface area contributed by atoms with Gasteiger partial charge in [-0.2, -0.15) is 0 Å². The molecule has 1 amide bonds. The molecule has 25 heavy (non-hydrogen) atoms. The molecule has 2 heterocycles. The number of halogens is 1. The van der Waals surface area contributed by atoms with Crippen molar-refractivity contribution in [2.45, 2.75) is 37.3 Å². The molecule has 0 bridgehead atoms. The van der Waals surface area contributed by atoms with Crippen molar-refractivity contribution < 1.29 is 9.18 Å². The molecule has 0 aliphatic carbocycles. The smallest absolute Gasteiger partial charge is 0.242 e. The second-order valence-electron chi connectivity index (χ2n) is 7.25. The van der Waals surface area contributed by atoms with Crippen molar-refractivity contribution >= 4 is 5.91 Å². The van der Waals surface area contributed by atoms with Gasteiger partial charge >= 0.3 is 0 Å². The van der Waals surface area contributed by atoms with E-state index in [4.69, 9.17) is 0 Å². The van der Waals surface area contributed by atoms with Crippen LogP contribution in [0.4, 0.5) is 4.39 Å². The molecule has 2 atom stereocenters. The van der Waals surface area contributed by atoms with Gasteiger partial charge in [0, 0.05) is 25.2 Å². The normalized spacial score (nSPS) is 26.4. The van der Waals surface area contributed by atoms with E-state index in [1.54, 1.807) is 12.1 Å². The molecule has 4 rings (SSSR count). The fraction of sp³-hybridized carbons (Fsp3) is 0.381. The second kappa shape index (κ2) is 6.26. The van der Waals surface area contributed by atoms with E-state index in [0.29, 0.717) is 5.56 Å². The third-order valence-electron chi connectivity index (χ3n) is 5.64. The molecule has 1 N–H and O–H groups in total. The third kappa shape index (κ3) is 2.85. The van der Waals surface area contributed by atoms with E-state index < -0.39 is 5.54 Å². The quantitative estimate of drug-likeness (QED) is 0.900. The first-order valence-corrected chi connectivity index (χ1v) is 8.97. The van der Waals surface area contributed by atoms with Crippen molar-refractivity contribution in [3.05, 3.63) is 59.9 Å². The minimum Gasteiger partial charge on any atom is -0.344 e. The Morgan fingerprint density at radius 1 is 1.16 bits per heavy atom. The Morgan fingerprint density at radius 2 is 2.00 bits per heavy atom. The van der Waals surface area contributed by atoms with Crippen molar-refractivity contribution in [3.8, 4) is 11.1 Å². The molecule has 2 aliphatic rings. The lowest BCUT2D eigenvalue weighted by Gasteiger charge is -2.38. The summed E-state index contributed by atoms with van der Waals surface area (Å²) in [5, 5.41) is 3.61. The lowest BCUT2D eigenvalue weighted by atomic mass is 9.87. The molecule has 1 spiro atoms. The Labute approximate surface area is 147 Å². The molecular formula is C21H23FN2O. The predicted molar refractivity (Wildman–Crippen MR) is 96.5 cm³/mol. The highest BCUT2D eigenvalue weighted by Crippen LogP contribution is 2.39. The van der Waals surface area contributed by atoms with Crippen LogP contribution < -0.4 is 5.32 Å². The second-order valence-corrected chi connectivity index (χ2v) is 7.25. The highest BCUT2D eigenvalue weighted by atomic mass is 19.1. The highest BCUT2D eigenvalue weighted by molar-refractivity contribution is 5.87. The summed E-state index contributed by atoms with van der Waals surface area (Å²) < 4.78 is 14.1. The van der Waals surface area contributed by atoms with E-state index in [2.05, 4.69) is 11.4 Å². The van der Waals surface area contributed by atoms with Crippen LogP contribution in [0.5, 0.6) is 0 Å². The number of likely N-dealkylation sites (tertiary alicyclic amines) is 1. The van der Waals surface area contributed by atoms with Crippen LogP contribution in [0.2, 0.25) is 0 Å². The Kier molecular flexibility index (Phi) is 4.08. The topological polar surface area (TPSA) is 32.3 Å². The number of nitrogens with zero attached hydrogens (tertiary/aromatic N) is 1. The van der Waals surface area contributed by atoms with E-state index in [1.807, 2.05) is 36.2 Å². The van der Waals surface area contributed by atoms with Crippen molar-refractivity contribution in [2.75, 3.05) is 13.6 Å². The fourth-order valence-corrected chi connectivity index (χ4v) is 4.29. The monoisotopic (exact) mass is 338 g/mol. The molecular weight excluding hydrogens is 315 g/mol. The molecule has 2 aliphatic heterocycles. The van der Waals surface area contributed by atoms with E-state index in [-0.39, 0.29) is 17.8 Å². The van der Waals surface area contributed by atoms with Crippen LogP contribution in [0.15, 0.2) is 48.5 Å². The summed E-state index contributed by atoms with van der Waals surface area (Å²) in [6.45, 7) is 0.843. The Morgan fingerprint density at radius 3 is 2.84 bits per heavy atom. The van der Waals surface area contributed by atoms with Gasteiger partial charge in [-0.15, -0.1) is 0 Å². The molecule has 0 aromatic heterocycles. The highest BCUT2D eigenvalue weighted by Gasteiger charge is 2.47. The van der Waals surface area contributed by atoms with Gasteiger partial charge in [0.1, 0.15) is 5.82 Å². The van der Waals surface area contributed by atoms with Crippen LogP contribution in [0.3, 0.4) is 0 Å². The van der Waals surface area contributed by atoms with Crippen LogP contribution in [0, 0.1) is 5.82 Å². The zero-order valence-corrected chi connectivity index (χ0v) is 14.5. The number of hydrogen-bond donors (Lipinski definition) is 1. The molecule has 2 aromatic rings. The molecule has 2 saturated heterocycles. The van der Waals surface area contributed by atoms with Crippen molar-refractivity contribution in [2.24, 2.45) is 0 Å². The number of carbonyl (C=O) groups excluding carboxylic acids is 1. The molecule has 2 aromatic carbocycles. The number of carbonyl (C=O) groups is 1. The zero-order valence-electron chi connectivity index (χ0n) is 14.5. The van der Waals surface area contributed by atoms with Gasteiger partial charge in [-0.1, -0.05) is 36.4 Å². The summed E-state index contributed by atoms with van der Waals surface area (Å²) >= 11 is 0. The minimum atomic E-state index is -0.411. The third-order valence-corrected chi connectivity index (χ3v) is 5.64. The summed E-state index contributed by atoms with van der Waals surface area (Å²) in [4.78, 5) is 14.5. The maximum absolute atomic E-state index is 14.1. The van der Waals surface area contributed by atoms with Gasteiger partial charge in [0.05, 0.1) is 5.54 Å². The van der Waals surface area contributed by atoms with Gasteiger partial charge in [0.25, 0.3) is 0 Å². The van der Waals surface area contributed by atoms with Crippen molar-refractivity contribution in [1.29, 1.82) is 0 Å². The summed E-state index contributed by atoms with van der Waals surface area (Å²) in [5.41, 5.74) is 2.21. The number of hydrogen-bond acceptors (Lipinski definition) is 2. The standard InChI is InChI=1S/C21H23FN2O/c1-24-13-5-11-21(20(24)25)12-10-19(23-21)16-7-4-6-15(14-16)17-8-2-3-9-18(17)22/h2-4,6-9,14,19,23H,5,10-13H2,1H3/t19-,21-/m0/s1. The molecule has 0 unspecified atom stereocenters. The van der Waals surface area contributed by atoms with Gasteiger partial charge in [-0.25, -0.2) is 4.39 Å². The van der Waals surface area contributed by atoms with Gasteiger partial charge in [0.15, 0.2) is 0 Å². The first-order chi connectivity index (χ1) is 12.1. The molecule has 3 nitrogen and oxygen atoms in total. The van der Waals surface area contributed by atoms with E-state index >= 15 is 0 Å². The average molecular weight is 338 g/mol. The maximum Gasteiger partial charge on any atom is 0.242 e. The van der Waals surface area contributed by atoms with Crippen LogP contribution in [-0.4, -0.2) is 29.9 Å². The van der Waals surface area contributed by atoms with Gasteiger partial charge in [-0.05, 0) is 48.9 Å². The Hall–Kier alpha value is -2.20. The number of rotatable bonds is 2. The van der Waals surface area contributed by atoms with Crippen LogP contribution >= 0.6 is 0 Å². The number of benzene rings is 2. The largest absolute Gasteiger partial charge is 0.344 e. The van der Waals surface area contributed by atoms with Crippen LogP contribution in [0.1, 0.15) is 37.3 Å². The summed E-state index contributed by atoms with van der Waals surface area (Å²) in [6, 6.07) is 15.0. The molecule has 0 radical (unpaired) electrons. The van der Waals surface area contributed by atoms with Crippen molar-refractivity contribution in [1.82, 2.24) is 10.2 Å². The summed E-state index contributed by atoms with van der Waals surface area (Å²) in [7, 11) is 1.89. The first kappa shape index (κ1) is 16.3. The minimum absolute atomic E-state index is 0.141. The molecule has 2 fully saturated rings. The Balaban J connectivity index is 1.61. The van der Waals surface area contributed by atoms with Crippen LogP contribution in [0.25, 0.3) is 11.1 Å². The Bertz CT molecular complexity index is 806. The fourth-order valence-electron chi connectivity index (χ4n) is 4.29. The number of likely N-dealkylation sites (N-methyl/N-ethyl adjacent to an activating group) is 1. The summed E-state index contributed by atoms with van der Waals surface area (Å²) in [6.07, 6.45) is 3.74.